The van der Waals surface area contributed by atoms with Gasteiger partial charge in [0.05, 0.1) is 33.4 Å². The van der Waals surface area contributed by atoms with Gasteiger partial charge >= 0.3 is 0 Å². The Balaban J connectivity index is 2.18. The first-order valence-corrected chi connectivity index (χ1v) is 9.27. The number of rotatable bonds is 2. The summed E-state index contributed by atoms with van der Waals surface area (Å²) in [5, 5.41) is -0.00969. The zero-order valence-electron chi connectivity index (χ0n) is 11.0. The Bertz CT molecular complexity index is 804. The molecule has 0 aliphatic carbocycles. The second kappa shape index (κ2) is 5.41. The van der Waals surface area contributed by atoms with Gasteiger partial charge in [-0.2, -0.15) is 0 Å². The molecule has 2 heterocycles. The Kier molecular flexibility index (Phi) is 3.88. The van der Waals surface area contributed by atoms with Gasteiger partial charge in [0, 0.05) is 12.1 Å². The molecular weight excluding hydrogens is 338 g/mol. The van der Waals surface area contributed by atoms with Crippen molar-refractivity contribution in [2.45, 2.75) is 24.8 Å². The fourth-order valence-electron chi connectivity index (χ4n) is 2.84. The molecule has 0 N–H and O–H groups in total. The van der Waals surface area contributed by atoms with E-state index in [9.17, 15) is 12.8 Å². The molecule has 1 atom stereocenters. The summed E-state index contributed by atoms with van der Waals surface area (Å²) < 4.78 is 39.2. The van der Waals surface area contributed by atoms with Crippen molar-refractivity contribution in [1.82, 2.24) is 9.55 Å². The first-order valence-electron chi connectivity index (χ1n) is 6.53. The van der Waals surface area contributed by atoms with Crippen molar-refractivity contribution in [2.24, 2.45) is 0 Å². The van der Waals surface area contributed by atoms with Crippen molar-refractivity contribution in [2.75, 3.05) is 11.5 Å². The lowest BCUT2D eigenvalue weighted by Gasteiger charge is -2.25. The number of halogens is 3. The maximum absolute atomic E-state index is 13.7. The van der Waals surface area contributed by atoms with Crippen LogP contribution >= 0.6 is 23.2 Å². The number of aromatic nitrogens is 2. The summed E-state index contributed by atoms with van der Waals surface area (Å²) in [6.07, 6.45) is 1.29. The van der Waals surface area contributed by atoms with E-state index >= 15 is 0 Å². The average molecular weight is 351 g/mol. The summed E-state index contributed by atoms with van der Waals surface area (Å²) >= 11 is 11.7. The zero-order chi connectivity index (χ0) is 15.2. The summed E-state index contributed by atoms with van der Waals surface area (Å²) in [4.78, 5) is 4.34. The topological polar surface area (TPSA) is 52.0 Å². The molecule has 0 spiro atoms. The van der Waals surface area contributed by atoms with Crippen LogP contribution in [0.5, 0.6) is 0 Å². The Morgan fingerprint density at radius 3 is 2.86 bits per heavy atom. The van der Waals surface area contributed by atoms with Crippen molar-refractivity contribution < 1.29 is 12.8 Å². The number of sulfone groups is 1. The van der Waals surface area contributed by atoms with Crippen LogP contribution in [0.4, 0.5) is 4.39 Å². The highest BCUT2D eigenvalue weighted by atomic mass is 35.5. The van der Waals surface area contributed by atoms with Gasteiger partial charge in [-0.15, -0.1) is 11.6 Å². The third-order valence-electron chi connectivity index (χ3n) is 3.73. The molecule has 8 heteroatoms. The maximum Gasteiger partial charge on any atom is 0.152 e. The van der Waals surface area contributed by atoms with Crippen LogP contribution in [-0.4, -0.2) is 29.5 Å². The molecule has 2 aromatic rings. The van der Waals surface area contributed by atoms with E-state index in [-0.39, 0.29) is 28.5 Å². The van der Waals surface area contributed by atoms with Gasteiger partial charge in [0.15, 0.2) is 9.84 Å². The molecule has 1 unspecified atom stereocenters. The van der Waals surface area contributed by atoms with Crippen LogP contribution in [0.3, 0.4) is 0 Å². The zero-order valence-corrected chi connectivity index (χ0v) is 13.3. The van der Waals surface area contributed by atoms with Crippen molar-refractivity contribution in [1.29, 1.82) is 0 Å². The summed E-state index contributed by atoms with van der Waals surface area (Å²) in [6, 6.07) is 2.47. The van der Waals surface area contributed by atoms with E-state index in [1.165, 1.54) is 12.1 Å². The summed E-state index contributed by atoms with van der Waals surface area (Å²) in [5.74, 6) is 0.351. The highest BCUT2D eigenvalue weighted by Gasteiger charge is 2.29. The first-order chi connectivity index (χ1) is 9.91. The number of fused-ring (bicyclic) bond motifs is 1. The average Bonchev–Trinajstić information content (AvgIpc) is 2.75. The van der Waals surface area contributed by atoms with Crippen molar-refractivity contribution in [3.05, 3.63) is 28.8 Å². The third-order valence-corrected chi connectivity index (χ3v) is 6.06. The van der Waals surface area contributed by atoms with Crippen LogP contribution in [-0.2, 0) is 15.7 Å². The lowest BCUT2D eigenvalue weighted by molar-refractivity contribution is 0.470. The molecular formula is C13H13Cl2FN2O2S. The minimum absolute atomic E-state index is 0.00969. The number of alkyl halides is 1. The second-order valence-corrected chi connectivity index (χ2v) is 8.10. The lowest BCUT2D eigenvalue weighted by Crippen LogP contribution is -2.28. The summed E-state index contributed by atoms with van der Waals surface area (Å²) in [7, 11) is -3.08. The molecule has 1 aromatic heterocycles. The number of benzene rings is 1. The van der Waals surface area contributed by atoms with E-state index < -0.39 is 15.7 Å². The fraction of sp³-hybridized carbons (Fsp3) is 0.462. The molecule has 3 rings (SSSR count). The Morgan fingerprint density at radius 2 is 2.19 bits per heavy atom. The summed E-state index contributed by atoms with van der Waals surface area (Å²) in [5.41, 5.74) is 1.06. The van der Waals surface area contributed by atoms with Crippen LogP contribution in [0.15, 0.2) is 12.1 Å². The lowest BCUT2D eigenvalue weighted by atomic mass is 10.1. The number of hydrogen-bond acceptors (Lipinski definition) is 3. The van der Waals surface area contributed by atoms with Gasteiger partial charge in [-0.1, -0.05) is 11.6 Å². The number of hydrogen-bond donors (Lipinski definition) is 0. The third kappa shape index (κ3) is 2.76. The number of imidazole rings is 1. The Morgan fingerprint density at radius 1 is 1.43 bits per heavy atom. The predicted octanol–water partition coefficient (Wildman–Crippen LogP) is 3.32. The van der Waals surface area contributed by atoms with Crippen LogP contribution in [0, 0.1) is 5.82 Å². The highest BCUT2D eigenvalue weighted by Crippen LogP contribution is 2.31. The Hall–Kier alpha value is -0.850. The van der Waals surface area contributed by atoms with Crippen molar-refractivity contribution in [3.63, 3.8) is 0 Å². The molecule has 1 aliphatic rings. The standard InChI is InChI=1S/C13H13Cl2FN2O2S/c14-6-13-17-11-4-9(15)10(16)5-12(11)18(13)8-2-1-3-21(19,20)7-8/h4-5,8H,1-3,6-7H2. The molecule has 21 heavy (non-hydrogen) atoms. The quantitative estimate of drug-likeness (QED) is 0.780. The first kappa shape index (κ1) is 15.1. The normalized spacial score (nSPS) is 21.8. The van der Waals surface area contributed by atoms with Crippen LogP contribution in [0.25, 0.3) is 11.0 Å². The molecule has 4 nitrogen and oxygen atoms in total. The van der Waals surface area contributed by atoms with Gasteiger partial charge in [-0.25, -0.2) is 17.8 Å². The smallest absolute Gasteiger partial charge is 0.152 e. The van der Waals surface area contributed by atoms with Gasteiger partial charge < -0.3 is 4.57 Å². The van der Waals surface area contributed by atoms with Crippen molar-refractivity contribution in [3.8, 4) is 0 Å². The minimum Gasteiger partial charge on any atom is -0.323 e. The molecule has 1 aliphatic heterocycles. The van der Waals surface area contributed by atoms with Crippen LogP contribution in [0.2, 0.25) is 5.02 Å². The SMILES string of the molecule is O=S1(=O)CCCC(n2c(CCl)nc3cc(Cl)c(F)cc32)C1. The predicted molar refractivity (Wildman–Crippen MR) is 81.2 cm³/mol. The van der Waals surface area contributed by atoms with Crippen LogP contribution < -0.4 is 0 Å². The minimum atomic E-state index is -3.08. The molecule has 0 radical (unpaired) electrons. The van der Waals surface area contributed by atoms with E-state index in [0.717, 1.165) is 0 Å². The summed E-state index contributed by atoms with van der Waals surface area (Å²) in [6.45, 7) is 0. The van der Waals surface area contributed by atoms with E-state index in [2.05, 4.69) is 4.98 Å². The Labute approximate surface area is 131 Å². The highest BCUT2D eigenvalue weighted by molar-refractivity contribution is 7.91. The maximum atomic E-state index is 13.7. The van der Waals surface area contributed by atoms with Gasteiger partial charge in [0.1, 0.15) is 11.6 Å². The fourth-order valence-corrected chi connectivity index (χ4v) is 4.87. The number of nitrogens with zero attached hydrogens (tertiary/aromatic N) is 2. The molecule has 1 aromatic carbocycles. The molecule has 0 amide bonds. The van der Waals surface area contributed by atoms with Gasteiger partial charge in [-0.3, -0.25) is 0 Å². The van der Waals surface area contributed by atoms with Crippen LogP contribution in [0.1, 0.15) is 24.7 Å². The van der Waals surface area contributed by atoms with E-state index in [1.54, 1.807) is 4.57 Å². The van der Waals surface area contributed by atoms with Crippen molar-refractivity contribution >= 4 is 44.1 Å². The molecule has 0 bridgehead atoms. The second-order valence-electron chi connectivity index (χ2n) is 5.20. The molecule has 1 fully saturated rings. The van der Waals surface area contributed by atoms with Gasteiger partial charge in [0.25, 0.3) is 0 Å². The molecule has 1 saturated heterocycles. The van der Waals surface area contributed by atoms with Gasteiger partial charge in [0.2, 0.25) is 0 Å². The largest absolute Gasteiger partial charge is 0.323 e. The van der Waals surface area contributed by atoms with E-state index in [4.69, 9.17) is 23.2 Å². The van der Waals surface area contributed by atoms with E-state index in [1.807, 2.05) is 0 Å². The van der Waals surface area contributed by atoms with E-state index in [0.29, 0.717) is 29.7 Å². The molecule has 0 saturated carbocycles. The monoisotopic (exact) mass is 350 g/mol. The van der Waals surface area contributed by atoms with Gasteiger partial charge in [-0.05, 0) is 18.9 Å². The molecule has 114 valence electrons.